The van der Waals surface area contributed by atoms with E-state index >= 15 is 0 Å². The van der Waals surface area contributed by atoms with Crippen molar-refractivity contribution < 1.29 is 9.59 Å². The van der Waals surface area contributed by atoms with Crippen LogP contribution in [0.4, 0.5) is 0 Å². The first-order valence-electron chi connectivity index (χ1n) is 5.96. The van der Waals surface area contributed by atoms with Crippen LogP contribution in [0.5, 0.6) is 0 Å². The molecule has 98 valence electrons. The number of nitrogens with one attached hydrogen (secondary N) is 1. The quantitative estimate of drug-likeness (QED) is 0.796. The van der Waals surface area contributed by atoms with Crippen molar-refractivity contribution in [3.8, 4) is 0 Å². The first-order chi connectivity index (χ1) is 8.56. The van der Waals surface area contributed by atoms with Gasteiger partial charge in [0.2, 0.25) is 11.8 Å². The number of likely N-dealkylation sites (tertiary alicyclic amines) is 1. The Morgan fingerprint density at radius 3 is 2.89 bits per heavy atom. The zero-order chi connectivity index (χ0) is 13.1. The van der Waals surface area contributed by atoms with Crippen molar-refractivity contribution in [1.82, 2.24) is 25.0 Å². The number of likely N-dealkylation sites (N-methyl/N-ethyl adjacent to an activating group) is 1. The third kappa shape index (κ3) is 2.85. The molecule has 0 atom stereocenters. The van der Waals surface area contributed by atoms with Crippen LogP contribution in [0, 0.1) is 6.92 Å². The lowest BCUT2D eigenvalue weighted by atomic mass is 10.4. The van der Waals surface area contributed by atoms with E-state index in [0.717, 1.165) is 12.2 Å². The van der Waals surface area contributed by atoms with Crippen LogP contribution in [-0.4, -0.2) is 56.9 Å². The van der Waals surface area contributed by atoms with Crippen molar-refractivity contribution >= 4 is 11.8 Å². The maximum Gasteiger partial charge on any atom is 0.242 e. The number of aryl methyl sites for hydroxylation is 1. The lowest BCUT2D eigenvalue weighted by Gasteiger charge is -2.20. The number of amides is 2. The van der Waals surface area contributed by atoms with Crippen LogP contribution in [0.3, 0.4) is 0 Å². The molecule has 1 aromatic rings. The minimum atomic E-state index is -0.0901. The maximum atomic E-state index is 11.9. The number of hydrogen-bond donors (Lipinski definition) is 1. The molecule has 0 aromatic carbocycles. The molecule has 1 fully saturated rings. The van der Waals surface area contributed by atoms with Gasteiger partial charge in [-0.2, -0.15) is 5.10 Å². The molecule has 2 rings (SSSR count). The zero-order valence-corrected chi connectivity index (χ0v) is 10.6. The Labute approximate surface area is 105 Å². The smallest absolute Gasteiger partial charge is 0.242 e. The number of rotatable bonds is 4. The Bertz CT molecular complexity index is 456. The summed E-state index contributed by atoms with van der Waals surface area (Å²) >= 11 is 0. The predicted octanol–water partition coefficient (Wildman–Crippen LogP) is -0.306. The fourth-order valence-electron chi connectivity index (χ4n) is 1.92. The zero-order valence-electron chi connectivity index (χ0n) is 10.6. The molecule has 0 aliphatic carbocycles. The molecule has 1 saturated heterocycles. The van der Waals surface area contributed by atoms with Crippen LogP contribution < -0.4 is 0 Å². The molecule has 2 heterocycles. The summed E-state index contributed by atoms with van der Waals surface area (Å²) in [6.07, 6.45) is 1.40. The number of H-pyrrole nitrogens is 1. The van der Waals surface area contributed by atoms with E-state index in [1.54, 1.807) is 18.9 Å². The summed E-state index contributed by atoms with van der Waals surface area (Å²) in [4.78, 5) is 30.6. The Balaban J connectivity index is 1.86. The van der Waals surface area contributed by atoms with E-state index < -0.39 is 0 Å². The summed E-state index contributed by atoms with van der Waals surface area (Å²) in [6, 6.07) is 0. The molecule has 7 heteroatoms. The van der Waals surface area contributed by atoms with E-state index in [1.807, 2.05) is 0 Å². The van der Waals surface area contributed by atoms with Crippen molar-refractivity contribution in [3.63, 3.8) is 0 Å². The highest BCUT2D eigenvalue weighted by atomic mass is 16.2. The molecule has 1 aromatic heterocycles. The number of carbonyl (C=O) groups excluding carboxylic acids is 2. The third-order valence-electron chi connectivity index (χ3n) is 2.95. The molecule has 2 amide bonds. The van der Waals surface area contributed by atoms with Gasteiger partial charge in [-0.25, -0.2) is 4.98 Å². The van der Waals surface area contributed by atoms with E-state index in [-0.39, 0.29) is 18.4 Å². The van der Waals surface area contributed by atoms with Gasteiger partial charge in [0.1, 0.15) is 5.82 Å². The van der Waals surface area contributed by atoms with Gasteiger partial charge >= 0.3 is 0 Å². The molecule has 1 aliphatic rings. The molecule has 0 bridgehead atoms. The Morgan fingerprint density at radius 1 is 1.56 bits per heavy atom. The normalized spacial score (nSPS) is 15.2. The first-order valence-corrected chi connectivity index (χ1v) is 5.96. The average Bonchev–Trinajstić information content (AvgIpc) is 2.89. The summed E-state index contributed by atoms with van der Waals surface area (Å²) in [5, 5.41) is 6.70. The lowest BCUT2D eigenvalue weighted by molar-refractivity contribution is -0.137. The highest BCUT2D eigenvalue weighted by Crippen LogP contribution is 2.09. The molecule has 18 heavy (non-hydrogen) atoms. The van der Waals surface area contributed by atoms with Crippen LogP contribution in [0.2, 0.25) is 0 Å². The fourth-order valence-corrected chi connectivity index (χ4v) is 1.92. The van der Waals surface area contributed by atoms with Gasteiger partial charge in [-0.15, -0.1) is 0 Å². The molecule has 0 saturated carbocycles. The summed E-state index contributed by atoms with van der Waals surface area (Å²) in [6.45, 7) is 2.99. The SMILES string of the molecule is Cc1nc(CN(C)C(=O)CN2CCCC2=O)n[nH]1. The van der Waals surface area contributed by atoms with Crippen LogP contribution in [0.1, 0.15) is 24.5 Å². The van der Waals surface area contributed by atoms with Crippen LogP contribution in [0.25, 0.3) is 0 Å². The minimum absolute atomic E-state index is 0.0606. The minimum Gasteiger partial charge on any atom is -0.337 e. The second-order valence-corrected chi connectivity index (χ2v) is 4.51. The van der Waals surface area contributed by atoms with Gasteiger partial charge in [-0.1, -0.05) is 0 Å². The molecule has 0 unspecified atom stereocenters. The van der Waals surface area contributed by atoms with Gasteiger partial charge in [0.15, 0.2) is 5.82 Å². The predicted molar refractivity (Wildman–Crippen MR) is 63.4 cm³/mol. The van der Waals surface area contributed by atoms with Gasteiger partial charge in [0.05, 0.1) is 13.1 Å². The average molecular weight is 251 g/mol. The second kappa shape index (κ2) is 5.16. The highest BCUT2D eigenvalue weighted by molar-refractivity contribution is 5.85. The molecule has 1 N–H and O–H groups in total. The largest absolute Gasteiger partial charge is 0.337 e. The molecular formula is C11H17N5O2. The van der Waals surface area contributed by atoms with Gasteiger partial charge in [0.25, 0.3) is 0 Å². The lowest BCUT2D eigenvalue weighted by Crippen LogP contribution is -2.38. The number of nitrogens with zero attached hydrogens (tertiary/aromatic N) is 4. The summed E-state index contributed by atoms with van der Waals surface area (Å²) in [5.41, 5.74) is 0. The van der Waals surface area contributed by atoms with E-state index in [2.05, 4.69) is 15.2 Å². The van der Waals surface area contributed by atoms with Crippen molar-refractivity contribution in [1.29, 1.82) is 0 Å². The van der Waals surface area contributed by atoms with Crippen LogP contribution >= 0.6 is 0 Å². The Hall–Kier alpha value is -1.92. The van der Waals surface area contributed by atoms with Gasteiger partial charge < -0.3 is 9.80 Å². The fraction of sp³-hybridized carbons (Fsp3) is 0.636. The summed E-state index contributed by atoms with van der Waals surface area (Å²) < 4.78 is 0. The summed E-state index contributed by atoms with van der Waals surface area (Å²) in [5.74, 6) is 1.27. The third-order valence-corrected chi connectivity index (χ3v) is 2.95. The number of aromatic nitrogens is 3. The number of hydrogen-bond acceptors (Lipinski definition) is 4. The van der Waals surface area contributed by atoms with Gasteiger partial charge in [0, 0.05) is 20.0 Å². The topological polar surface area (TPSA) is 82.2 Å². The van der Waals surface area contributed by atoms with E-state index in [1.165, 1.54) is 4.90 Å². The number of aromatic amines is 1. The Morgan fingerprint density at radius 2 is 2.33 bits per heavy atom. The van der Waals surface area contributed by atoms with Crippen molar-refractivity contribution in [2.75, 3.05) is 20.1 Å². The molecule has 0 spiro atoms. The Kier molecular flexibility index (Phi) is 3.59. The highest BCUT2D eigenvalue weighted by Gasteiger charge is 2.24. The number of carbonyl (C=O) groups is 2. The van der Waals surface area contributed by atoms with E-state index in [0.29, 0.717) is 25.3 Å². The monoisotopic (exact) mass is 251 g/mol. The van der Waals surface area contributed by atoms with Gasteiger partial charge in [-0.05, 0) is 13.3 Å². The van der Waals surface area contributed by atoms with E-state index in [9.17, 15) is 9.59 Å². The summed E-state index contributed by atoms with van der Waals surface area (Å²) in [7, 11) is 1.69. The second-order valence-electron chi connectivity index (χ2n) is 4.51. The molecule has 1 aliphatic heterocycles. The van der Waals surface area contributed by atoms with Gasteiger partial charge in [-0.3, -0.25) is 14.7 Å². The standard InChI is InChI=1S/C11H17N5O2/c1-8-12-9(14-13-8)6-15(2)11(18)7-16-5-3-4-10(16)17/h3-7H2,1-2H3,(H,12,13,14). The maximum absolute atomic E-state index is 11.9. The first kappa shape index (κ1) is 12.5. The van der Waals surface area contributed by atoms with Crippen molar-refractivity contribution in [2.24, 2.45) is 0 Å². The van der Waals surface area contributed by atoms with Crippen molar-refractivity contribution in [2.45, 2.75) is 26.3 Å². The molecular weight excluding hydrogens is 234 g/mol. The molecule has 0 radical (unpaired) electrons. The van der Waals surface area contributed by atoms with E-state index in [4.69, 9.17) is 0 Å². The van der Waals surface area contributed by atoms with Crippen LogP contribution in [-0.2, 0) is 16.1 Å². The van der Waals surface area contributed by atoms with Crippen molar-refractivity contribution in [3.05, 3.63) is 11.6 Å². The molecule has 7 nitrogen and oxygen atoms in total. The van der Waals surface area contributed by atoms with Crippen LogP contribution in [0.15, 0.2) is 0 Å².